The van der Waals surface area contributed by atoms with Gasteiger partial charge in [0.2, 0.25) is 5.09 Å². The van der Waals surface area contributed by atoms with Crippen LogP contribution in [0.4, 0.5) is 0 Å². The van der Waals surface area contributed by atoms with Crippen molar-refractivity contribution in [2.75, 3.05) is 13.6 Å². The van der Waals surface area contributed by atoms with Gasteiger partial charge in [-0.25, -0.2) is 13.1 Å². The van der Waals surface area contributed by atoms with Gasteiger partial charge < -0.3 is 9.73 Å². The maximum Gasteiger partial charge on any atom is 0.273 e. The summed E-state index contributed by atoms with van der Waals surface area (Å²) in [6, 6.07) is 3.21. The van der Waals surface area contributed by atoms with Crippen LogP contribution in [0.2, 0.25) is 0 Å². The zero-order chi connectivity index (χ0) is 13.5. The Balaban J connectivity index is 1.64. The minimum Gasteiger partial charge on any atom is -0.447 e. The van der Waals surface area contributed by atoms with Crippen molar-refractivity contribution in [3.05, 3.63) is 17.9 Å². The van der Waals surface area contributed by atoms with E-state index in [4.69, 9.17) is 4.42 Å². The lowest BCUT2D eigenvalue weighted by Crippen LogP contribution is -2.31. The molecule has 0 amide bonds. The summed E-state index contributed by atoms with van der Waals surface area (Å²) < 4.78 is 32.3. The summed E-state index contributed by atoms with van der Waals surface area (Å²) in [6.07, 6.45) is 4.83. The topological polar surface area (TPSA) is 71.3 Å². The lowest BCUT2D eigenvalue weighted by molar-refractivity contribution is 0.395. The Hall–Kier alpha value is -0.850. The van der Waals surface area contributed by atoms with Crippen molar-refractivity contribution in [1.29, 1.82) is 0 Å². The molecule has 0 unspecified atom stereocenters. The smallest absolute Gasteiger partial charge is 0.273 e. The molecule has 2 aliphatic carbocycles. The van der Waals surface area contributed by atoms with E-state index < -0.39 is 10.0 Å². The van der Waals surface area contributed by atoms with Gasteiger partial charge in [0, 0.05) is 6.54 Å². The Morgan fingerprint density at radius 1 is 1.37 bits per heavy atom. The number of sulfonamides is 1. The standard InChI is InChI=1S/C13H20N2O3S/c1-14-8-11-4-5-12(18-11)19(16,17)15-9-13(6-7-13)10-2-3-10/h4-5,10,14-15H,2-3,6-9H2,1H3. The maximum atomic E-state index is 12.1. The van der Waals surface area contributed by atoms with Crippen LogP contribution in [0.5, 0.6) is 0 Å². The first-order valence-electron chi connectivity index (χ1n) is 6.79. The summed E-state index contributed by atoms with van der Waals surface area (Å²) in [5.41, 5.74) is 0.257. The van der Waals surface area contributed by atoms with Crippen LogP contribution in [0.25, 0.3) is 0 Å². The summed E-state index contributed by atoms with van der Waals surface area (Å²) in [4.78, 5) is 0. The number of hydrogen-bond acceptors (Lipinski definition) is 4. The Morgan fingerprint density at radius 3 is 2.68 bits per heavy atom. The van der Waals surface area contributed by atoms with Crippen molar-refractivity contribution in [3.8, 4) is 0 Å². The molecule has 0 spiro atoms. The second kappa shape index (κ2) is 4.61. The van der Waals surface area contributed by atoms with Crippen LogP contribution in [-0.4, -0.2) is 22.0 Å². The molecule has 5 nitrogen and oxygen atoms in total. The molecular weight excluding hydrogens is 264 g/mol. The molecule has 2 N–H and O–H groups in total. The Kier molecular flexibility index (Phi) is 3.19. The van der Waals surface area contributed by atoms with Gasteiger partial charge in [0.1, 0.15) is 5.76 Å². The van der Waals surface area contributed by atoms with E-state index in [1.807, 2.05) is 0 Å². The van der Waals surface area contributed by atoms with Crippen molar-refractivity contribution in [3.63, 3.8) is 0 Å². The summed E-state index contributed by atoms with van der Waals surface area (Å²) >= 11 is 0. The lowest BCUT2D eigenvalue weighted by atomic mass is 10.0. The highest BCUT2D eigenvalue weighted by Crippen LogP contribution is 2.60. The van der Waals surface area contributed by atoms with E-state index in [0.29, 0.717) is 18.8 Å². The van der Waals surface area contributed by atoms with Gasteiger partial charge in [0.05, 0.1) is 6.54 Å². The van der Waals surface area contributed by atoms with Crippen molar-refractivity contribution < 1.29 is 12.8 Å². The monoisotopic (exact) mass is 284 g/mol. The molecule has 0 radical (unpaired) electrons. The highest BCUT2D eigenvalue weighted by molar-refractivity contribution is 7.89. The lowest BCUT2D eigenvalue weighted by Gasteiger charge is -2.14. The molecule has 3 rings (SSSR count). The predicted octanol–water partition coefficient (Wildman–Crippen LogP) is 1.47. The fourth-order valence-electron chi connectivity index (χ4n) is 2.67. The maximum absolute atomic E-state index is 12.1. The molecule has 1 aromatic rings. The van der Waals surface area contributed by atoms with Crippen LogP contribution in [0, 0.1) is 11.3 Å². The SMILES string of the molecule is CNCc1ccc(S(=O)(=O)NCC2(C3CC3)CC2)o1. The molecule has 0 bridgehead atoms. The third-order valence-electron chi connectivity index (χ3n) is 4.20. The highest BCUT2D eigenvalue weighted by Gasteiger charge is 2.53. The quantitative estimate of drug-likeness (QED) is 0.795. The molecule has 0 aliphatic heterocycles. The normalized spacial score (nSPS) is 21.5. The molecular formula is C13H20N2O3S. The minimum absolute atomic E-state index is 0.0179. The third-order valence-corrected chi connectivity index (χ3v) is 5.48. The predicted molar refractivity (Wildman–Crippen MR) is 71.1 cm³/mol. The Labute approximate surface area is 113 Å². The molecule has 0 saturated heterocycles. The van der Waals surface area contributed by atoms with Gasteiger partial charge in [-0.15, -0.1) is 0 Å². The number of rotatable bonds is 7. The highest BCUT2D eigenvalue weighted by atomic mass is 32.2. The zero-order valence-electron chi connectivity index (χ0n) is 11.1. The Morgan fingerprint density at radius 2 is 2.11 bits per heavy atom. The van der Waals surface area contributed by atoms with Crippen molar-refractivity contribution in [2.45, 2.75) is 37.3 Å². The van der Waals surface area contributed by atoms with Gasteiger partial charge in [-0.05, 0) is 56.2 Å². The van der Waals surface area contributed by atoms with E-state index in [9.17, 15) is 8.42 Å². The first-order chi connectivity index (χ1) is 9.06. The van der Waals surface area contributed by atoms with Crippen LogP contribution < -0.4 is 10.0 Å². The summed E-state index contributed by atoms with van der Waals surface area (Å²) in [5.74, 6) is 1.37. The minimum atomic E-state index is -3.50. The molecule has 0 aromatic carbocycles. The molecule has 19 heavy (non-hydrogen) atoms. The molecule has 106 valence electrons. The van der Waals surface area contributed by atoms with E-state index in [2.05, 4.69) is 10.0 Å². The van der Waals surface area contributed by atoms with Crippen LogP contribution in [0.3, 0.4) is 0 Å². The Bertz CT molecular complexity index is 556. The average Bonchev–Trinajstić information content (AvgIpc) is 3.26. The van der Waals surface area contributed by atoms with E-state index in [1.54, 1.807) is 13.1 Å². The van der Waals surface area contributed by atoms with Gasteiger partial charge in [-0.1, -0.05) is 0 Å². The van der Waals surface area contributed by atoms with E-state index >= 15 is 0 Å². The fourth-order valence-corrected chi connectivity index (χ4v) is 3.75. The number of furan rings is 1. The van der Waals surface area contributed by atoms with E-state index in [1.165, 1.54) is 18.9 Å². The molecule has 6 heteroatoms. The largest absolute Gasteiger partial charge is 0.447 e. The van der Waals surface area contributed by atoms with E-state index in [-0.39, 0.29) is 10.5 Å². The zero-order valence-corrected chi connectivity index (χ0v) is 11.9. The third kappa shape index (κ3) is 2.70. The van der Waals surface area contributed by atoms with E-state index in [0.717, 1.165) is 18.8 Å². The first kappa shape index (κ1) is 13.1. The van der Waals surface area contributed by atoms with Crippen LogP contribution >= 0.6 is 0 Å². The van der Waals surface area contributed by atoms with Gasteiger partial charge in [-0.2, -0.15) is 0 Å². The van der Waals surface area contributed by atoms with Gasteiger partial charge in [-0.3, -0.25) is 0 Å². The van der Waals surface area contributed by atoms with Crippen LogP contribution in [0.1, 0.15) is 31.4 Å². The van der Waals surface area contributed by atoms with Gasteiger partial charge >= 0.3 is 0 Å². The molecule has 0 atom stereocenters. The second-order valence-electron chi connectivity index (χ2n) is 5.71. The second-order valence-corrected chi connectivity index (χ2v) is 7.41. The molecule has 2 aliphatic rings. The molecule has 2 saturated carbocycles. The summed E-state index contributed by atoms with van der Waals surface area (Å²) in [6.45, 7) is 1.09. The van der Waals surface area contributed by atoms with Crippen molar-refractivity contribution >= 4 is 10.0 Å². The van der Waals surface area contributed by atoms with Crippen molar-refractivity contribution in [2.24, 2.45) is 11.3 Å². The van der Waals surface area contributed by atoms with Crippen LogP contribution in [-0.2, 0) is 16.6 Å². The fraction of sp³-hybridized carbons (Fsp3) is 0.692. The first-order valence-corrected chi connectivity index (χ1v) is 8.27. The average molecular weight is 284 g/mol. The van der Waals surface area contributed by atoms with Gasteiger partial charge in [0.25, 0.3) is 10.0 Å². The molecule has 2 fully saturated rings. The summed E-state index contributed by atoms with van der Waals surface area (Å²) in [7, 11) is -1.71. The van der Waals surface area contributed by atoms with Crippen molar-refractivity contribution in [1.82, 2.24) is 10.0 Å². The summed E-state index contributed by atoms with van der Waals surface area (Å²) in [5, 5.41) is 2.95. The van der Waals surface area contributed by atoms with Gasteiger partial charge in [0.15, 0.2) is 0 Å². The molecule has 1 heterocycles. The number of hydrogen-bond donors (Lipinski definition) is 2. The van der Waals surface area contributed by atoms with Crippen LogP contribution in [0.15, 0.2) is 21.6 Å². The number of nitrogens with one attached hydrogen (secondary N) is 2. The molecule has 1 aromatic heterocycles.